The molecule has 0 N–H and O–H groups in total. The lowest BCUT2D eigenvalue weighted by Gasteiger charge is -2.42. The molecule has 2 aliphatic heterocycles. The van der Waals surface area contributed by atoms with E-state index in [4.69, 9.17) is 11.6 Å². The van der Waals surface area contributed by atoms with Gasteiger partial charge in [0, 0.05) is 42.2 Å². The van der Waals surface area contributed by atoms with Gasteiger partial charge < -0.3 is 0 Å². The average Bonchev–Trinajstić information content (AvgIpc) is 2.63. The van der Waals surface area contributed by atoms with Crippen molar-refractivity contribution in [1.82, 2.24) is 8.61 Å². The van der Waals surface area contributed by atoms with Crippen molar-refractivity contribution in [2.75, 3.05) is 26.2 Å². The van der Waals surface area contributed by atoms with Gasteiger partial charge in [0.1, 0.15) is 0 Å². The molecule has 6 heteroatoms. The van der Waals surface area contributed by atoms with Crippen LogP contribution in [0.15, 0.2) is 35.9 Å². The van der Waals surface area contributed by atoms with Crippen molar-refractivity contribution >= 4 is 21.8 Å². The van der Waals surface area contributed by atoms with E-state index in [1.807, 2.05) is 30.3 Å². The van der Waals surface area contributed by atoms with Gasteiger partial charge in [-0.3, -0.25) is 0 Å². The second kappa shape index (κ2) is 8.59. The minimum atomic E-state index is -3.38. The third-order valence-corrected chi connectivity index (χ3v) is 7.97. The molecule has 0 atom stereocenters. The minimum absolute atomic E-state index is 0.239. The third-order valence-electron chi connectivity index (χ3n) is 5.75. The van der Waals surface area contributed by atoms with Crippen LogP contribution in [0.5, 0.6) is 0 Å². The molecule has 28 heavy (non-hydrogen) atoms. The van der Waals surface area contributed by atoms with Gasteiger partial charge >= 0.3 is 0 Å². The molecule has 4 nitrogen and oxygen atoms in total. The summed E-state index contributed by atoms with van der Waals surface area (Å²) in [5.41, 5.74) is 1.83. The molecule has 3 rings (SSSR count). The second-order valence-electron chi connectivity index (χ2n) is 8.51. The molecule has 2 fully saturated rings. The maximum atomic E-state index is 13.1. The second-order valence-corrected chi connectivity index (χ2v) is 10.9. The van der Waals surface area contributed by atoms with Crippen LogP contribution in [0.25, 0.3) is 0 Å². The lowest BCUT2D eigenvalue weighted by Crippen LogP contribution is -2.52. The molecule has 0 amide bonds. The molecule has 0 aromatic heterocycles. The SMILES string of the molecule is CC1CCN(S(=O)(=O)N2CC/C(=C\C#Cc3cccc(Cl)c3)C(C)(C)C2)CC1. The van der Waals surface area contributed by atoms with Crippen LogP contribution in [0.3, 0.4) is 0 Å². The molecule has 0 unspecified atom stereocenters. The number of nitrogens with zero attached hydrogens (tertiary/aromatic N) is 2. The number of halogens is 1. The van der Waals surface area contributed by atoms with Crippen LogP contribution in [0, 0.1) is 23.2 Å². The molecule has 0 saturated carbocycles. The first kappa shape index (κ1) is 21.4. The summed E-state index contributed by atoms with van der Waals surface area (Å²) in [7, 11) is -3.38. The predicted octanol–water partition coefficient (Wildman–Crippen LogP) is 4.33. The zero-order chi connectivity index (χ0) is 20.4. The van der Waals surface area contributed by atoms with Crippen molar-refractivity contribution in [2.24, 2.45) is 11.3 Å². The number of benzene rings is 1. The third kappa shape index (κ3) is 4.99. The highest BCUT2D eigenvalue weighted by Gasteiger charge is 2.39. The molecular weight excluding hydrogens is 392 g/mol. The number of allylic oxidation sites excluding steroid dienone is 1. The van der Waals surface area contributed by atoms with Crippen LogP contribution in [0.2, 0.25) is 5.02 Å². The number of hydrogen-bond acceptors (Lipinski definition) is 2. The predicted molar refractivity (Wildman–Crippen MR) is 115 cm³/mol. The highest BCUT2D eigenvalue weighted by Crippen LogP contribution is 2.36. The smallest absolute Gasteiger partial charge is 0.195 e. The van der Waals surface area contributed by atoms with Crippen molar-refractivity contribution in [3.8, 4) is 11.8 Å². The molecule has 0 radical (unpaired) electrons. The Kier molecular flexibility index (Phi) is 6.56. The fraction of sp³-hybridized carbons (Fsp3) is 0.545. The topological polar surface area (TPSA) is 40.6 Å². The van der Waals surface area contributed by atoms with E-state index < -0.39 is 10.2 Å². The van der Waals surface area contributed by atoms with Crippen LogP contribution < -0.4 is 0 Å². The van der Waals surface area contributed by atoms with Crippen molar-refractivity contribution in [2.45, 2.75) is 40.0 Å². The lowest BCUT2D eigenvalue weighted by atomic mass is 9.79. The van der Waals surface area contributed by atoms with E-state index in [0.29, 0.717) is 43.5 Å². The zero-order valence-electron chi connectivity index (χ0n) is 16.9. The van der Waals surface area contributed by atoms with Gasteiger partial charge in [0.2, 0.25) is 0 Å². The molecule has 2 saturated heterocycles. The van der Waals surface area contributed by atoms with E-state index in [2.05, 4.69) is 32.6 Å². The standard InChI is InChI=1S/C22H29ClN2O2S/c1-18-10-13-24(14-11-18)28(26,27)25-15-12-20(22(2,3)17-25)8-4-6-19-7-5-9-21(23)16-19/h5,7-9,16,18H,10-15,17H2,1-3H3/b20-8+. The fourth-order valence-corrected chi connectivity index (χ4v) is 5.82. The molecule has 2 heterocycles. The Bertz CT molecular complexity index is 904. The average molecular weight is 421 g/mol. The highest BCUT2D eigenvalue weighted by atomic mass is 35.5. The van der Waals surface area contributed by atoms with Crippen LogP contribution in [-0.4, -0.2) is 43.2 Å². The Morgan fingerprint density at radius 3 is 2.54 bits per heavy atom. The minimum Gasteiger partial charge on any atom is -0.195 e. The lowest BCUT2D eigenvalue weighted by molar-refractivity contribution is 0.219. The molecular formula is C22H29ClN2O2S. The molecule has 0 spiro atoms. The number of piperidine rings is 2. The molecule has 2 aliphatic rings. The van der Waals surface area contributed by atoms with Gasteiger partial charge in [-0.15, -0.1) is 0 Å². The van der Waals surface area contributed by atoms with Crippen LogP contribution >= 0.6 is 11.6 Å². The van der Waals surface area contributed by atoms with Gasteiger partial charge in [-0.05, 0) is 49.5 Å². The summed E-state index contributed by atoms with van der Waals surface area (Å²) in [6, 6.07) is 7.48. The monoisotopic (exact) mass is 420 g/mol. The summed E-state index contributed by atoms with van der Waals surface area (Å²) in [5.74, 6) is 6.85. The van der Waals surface area contributed by atoms with Crippen LogP contribution in [0.1, 0.15) is 45.6 Å². The largest absolute Gasteiger partial charge is 0.282 e. The van der Waals surface area contributed by atoms with Crippen molar-refractivity contribution in [1.29, 1.82) is 0 Å². The van der Waals surface area contributed by atoms with Crippen molar-refractivity contribution < 1.29 is 8.42 Å². The number of hydrogen-bond donors (Lipinski definition) is 0. The summed E-state index contributed by atoms with van der Waals surface area (Å²) >= 11 is 6.00. The maximum Gasteiger partial charge on any atom is 0.282 e. The van der Waals surface area contributed by atoms with Crippen LogP contribution in [-0.2, 0) is 10.2 Å². The summed E-state index contributed by atoms with van der Waals surface area (Å²) in [6.07, 6.45) is 4.55. The Balaban J connectivity index is 1.70. The first-order valence-electron chi connectivity index (χ1n) is 9.90. The molecule has 1 aromatic rings. The summed E-state index contributed by atoms with van der Waals surface area (Å²) in [4.78, 5) is 0. The fourth-order valence-electron chi connectivity index (χ4n) is 3.82. The summed E-state index contributed by atoms with van der Waals surface area (Å²) < 4.78 is 29.5. The summed E-state index contributed by atoms with van der Waals surface area (Å²) in [5, 5.41) is 0.672. The van der Waals surface area contributed by atoms with E-state index >= 15 is 0 Å². The van der Waals surface area contributed by atoms with Crippen LogP contribution in [0.4, 0.5) is 0 Å². The van der Waals surface area contributed by atoms with Gasteiger partial charge in [0.05, 0.1) is 0 Å². The van der Waals surface area contributed by atoms with Gasteiger partial charge in [-0.2, -0.15) is 17.0 Å². The Morgan fingerprint density at radius 1 is 1.18 bits per heavy atom. The first-order chi connectivity index (χ1) is 13.2. The normalized spacial score (nSPS) is 23.4. The Labute approximate surface area is 174 Å². The van der Waals surface area contributed by atoms with Crippen molar-refractivity contribution in [3.05, 3.63) is 46.5 Å². The van der Waals surface area contributed by atoms with E-state index in [-0.39, 0.29) is 5.41 Å². The maximum absolute atomic E-state index is 13.1. The molecule has 0 aliphatic carbocycles. The number of rotatable bonds is 2. The Hall–Kier alpha value is -1.32. The van der Waals surface area contributed by atoms with Gasteiger partial charge in [-0.25, -0.2) is 0 Å². The Morgan fingerprint density at radius 2 is 1.89 bits per heavy atom. The van der Waals surface area contributed by atoms with E-state index in [9.17, 15) is 8.42 Å². The van der Waals surface area contributed by atoms with Crippen molar-refractivity contribution in [3.63, 3.8) is 0 Å². The summed E-state index contributed by atoms with van der Waals surface area (Å²) in [6.45, 7) is 8.66. The van der Waals surface area contributed by atoms with E-state index in [0.717, 1.165) is 18.4 Å². The molecule has 0 bridgehead atoms. The highest BCUT2D eigenvalue weighted by molar-refractivity contribution is 7.86. The first-order valence-corrected chi connectivity index (χ1v) is 11.7. The van der Waals surface area contributed by atoms with E-state index in [1.165, 1.54) is 5.57 Å². The zero-order valence-corrected chi connectivity index (χ0v) is 18.5. The van der Waals surface area contributed by atoms with E-state index in [1.54, 1.807) is 8.61 Å². The molecule has 1 aromatic carbocycles. The van der Waals surface area contributed by atoms with Gasteiger partial charge in [0.15, 0.2) is 0 Å². The molecule has 152 valence electrons. The quantitative estimate of drug-likeness (QED) is 0.668. The van der Waals surface area contributed by atoms with Gasteiger partial charge in [0.25, 0.3) is 10.2 Å². The van der Waals surface area contributed by atoms with Gasteiger partial charge in [-0.1, -0.05) is 55.9 Å².